The van der Waals surface area contributed by atoms with Gasteiger partial charge in [-0.3, -0.25) is 0 Å². The lowest BCUT2D eigenvalue weighted by Gasteiger charge is -2.23. The number of rotatable bonds is 8. The van der Waals surface area contributed by atoms with Gasteiger partial charge in [-0.15, -0.1) is 0 Å². The van der Waals surface area contributed by atoms with Gasteiger partial charge in [0.2, 0.25) is 0 Å². The number of aliphatic hydroxyl groups excluding tert-OH is 1. The van der Waals surface area contributed by atoms with Crippen molar-refractivity contribution in [2.24, 2.45) is 11.7 Å². The van der Waals surface area contributed by atoms with Crippen molar-refractivity contribution in [3.05, 3.63) is 29.8 Å². The van der Waals surface area contributed by atoms with Crippen LogP contribution in [0, 0.1) is 5.92 Å². The van der Waals surface area contributed by atoms with Crippen LogP contribution < -0.4 is 10.5 Å². The summed E-state index contributed by atoms with van der Waals surface area (Å²) >= 11 is 0. The maximum atomic E-state index is 9.38. The van der Waals surface area contributed by atoms with Crippen molar-refractivity contribution in [3.63, 3.8) is 0 Å². The molecule has 0 heterocycles. The first-order valence-electron chi connectivity index (χ1n) is 6.85. The van der Waals surface area contributed by atoms with Crippen LogP contribution in [0.1, 0.15) is 18.4 Å². The van der Waals surface area contributed by atoms with E-state index in [4.69, 9.17) is 15.2 Å². The fraction of sp³-hybridized carbons (Fsp3) is 0.600. The minimum atomic E-state index is -0.308. The lowest BCUT2D eigenvalue weighted by Crippen LogP contribution is -2.43. The Hall–Kier alpha value is -1.10. The Morgan fingerprint density at radius 1 is 1.32 bits per heavy atom. The first kappa shape index (κ1) is 14.3. The second-order valence-corrected chi connectivity index (χ2v) is 5.14. The number of methoxy groups -OCH3 is 1. The smallest absolute Gasteiger partial charge is 0.137 e. The quantitative estimate of drug-likeness (QED) is 0.745. The van der Waals surface area contributed by atoms with Gasteiger partial charge in [-0.05, 0) is 42.9 Å². The normalized spacial score (nSPS) is 18.1. The van der Waals surface area contributed by atoms with Crippen molar-refractivity contribution in [1.82, 2.24) is 0 Å². The minimum Gasteiger partial charge on any atom is -0.486 e. The molecule has 19 heavy (non-hydrogen) atoms. The summed E-state index contributed by atoms with van der Waals surface area (Å²) < 4.78 is 10.8. The Balaban J connectivity index is 1.89. The molecule has 1 aliphatic carbocycles. The van der Waals surface area contributed by atoms with Crippen LogP contribution in [0.15, 0.2) is 24.3 Å². The third-order valence-electron chi connectivity index (χ3n) is 3.58. The van der Waals surface area contributed by atoms with Crippen molar-refractivity contribution >= 4 is 0 Å². The second-order valence-electron chi connectivity index (χ2n) is 5.14. The van der Waals surface area contributed by atoms with E-state index in [9.17, 15) is 5.11 Å². The maximum absolute atomic E-state index is 9.38. The molecule has 1 saturated carbocycles. The predicted molar refractivity (Wildman–Crippen MR) is 74.2 cm³/mol. The molecule has 2 atom stereocenters. The van der Waals surface area contributed by atoms with Crippen molar-refractivity contribution < 1.29 is 14.6 Å². The second kappa shape index (κ2) is 6.89. The van der Waals surface area contributed by atoms with Gasteiger partial charge in [0.1, 0.15) is 11.9 Å². The summed E-state index contributed by atoms with van der Waals surface area (Å²) in [4.78, 5) is 0. The highest BCUT2D eigenvalue weighted by Crippen LogP contribution is 2.33. The van der Waals surface area contributed by atoms with Gasteiger partial charge in [-0.25, -0.2) is 0 Å². The first-order valence-corrected chi connectivity index (χ1v) is 6.85. The summed E-state index contributed by atoms with van der Waals surface area (Å²) in [6.07, 6.45) is 2.88. The summed E-state index contributed by atoms with van der Waals surface area (Å²) in [6.45, 7) is 0.676. The number of ether oxygens (including phenoxy) is 2. The molecule has 1 aromatic rings. The van der Waals surface area contributed by atoms with Gasteiger partial charge >= 0.3 is 0 Å². The third kappa shape index (κ3) is 4.20. The molecule has 1 aromatic carbocycles. The molecule has 2 rings (SSSR count). The molecule has 0 amide bonds. The van der Waals surface area contributed by atoms with E-state index >= 15 is 0 Å². The van der Waals surface area contributed by atoms with E-state index in [0.717, 1.165) is 25.0 Å². The summed E-state index contributed by atoms with van der Waals surface area (Å²) in [7, 11) is 1.70. The molecule has 4 nitrogen and oxygen atoms in total. The molecule has 0 aromatic heterocycles. The van der Waals surface area contributed by atoms with Gasteiger partial charge in [0, 0.05) is 13.2 Å². The molecule has 0 saturated heterocycles. The topological polar surface area (TPSA) is 64.7 Å². The van der Waals surface area contributed by atoms with Gasteiger partial charge < -0.3 is 20.3 Å². The fourth-order valence-corrected chi connectivity index (χ4v) is 2.15. The molecule has 3 N–H and O–H groups in total. The van der Waals surface area contributed by atoms with Gasteiger partial charge in [-0.1, -0.05) is 12.1 Å². The van der Waals surface area contributed by atoms with Gasteiger partial charge in [0.05, 0.1) is 13.2 Å². The van der Waals surface area contributed by atoms with Crippen molar-refractivity contribution in [3.8, 4) is 5.75 Å². The molecule has 0 radical (unpaired) electrons. The van der Waals surface area contributed by atoms with Gasteiger partial charge in [-0.2, -0.15) is 0 Å². The lowest BCUT2D eigenvalue weighted by molar-refractivity contribution is 0.0882. The largest absolute Gasteiger partial charge is 0.486 e. The van der Waals surface area contributed by atoms with E-state index in [-0.39, 0.29) is 18.8 Å². The molecule has 4 heteroatoms. The van der Waals surface area contributed by atoms with Crippen LogP contribution in [-0.4, -0.2) is 37.6 Å². The number of hydrogen-bond donors (Lipinski definition) is 2. The zero-order chi connectivity index (χ0) is 13.7. The molecule has 1 aliphatic rings. The van der Waals surface area contributed by atoms with E-state index in [2.05, 4.69) is 0 Å². The zero-order valence-corrected chi connectivity index (χ0v) is 11.4. The average molecular weight is 265 g/mol. The average Bonchev–Trinajstić information content (AvgIpc) is 3.27. The SMILES string of the molecule is COCCc1ccc(OC(CO)C(N)C2CC2)cc1. The van der Waals surface area contributed by atoms with Crippen LogP contribution in [0.2, 0.25) is 0 Å². The molecule has 0 aliphatic heterocycles. The molecular weight excluding hydrogens is 242 g/mol. The summed E-state index contributed by atoms with van der Waals surface area (Å²) in [5.74, 6) is 1.27. The monoisotopic (exact) mass is 265 g/mol. The number of nitrogens with two attached hydrogens (primary N) is 1. The maximum Gasteiger partial charge on any atom is 0.137 e. The molecular formula is C15H23NO3. The number of benzene rings is 1. The van der Waals surface area contributed by atoms with Crippen LogP contribution in [-0.2, 0) is 11.2 Å². The van der Waals surface area contributed by atoms with E-state index in [1.54, 1.807) is 7.11 Å². The van der Waals surface area contributed by atoms with E-state index in [1.165, 1.54) is 5.56 Å². The fourth-order valence-electron chi connectivity index (χ4n) is 2.15. The standard InChI is InChI=1S/C15H23NO3/c1-18-9-8-11-2-6-13(7-3-11)19-14(10-17)15(16)12-4-5-12/h2-3,6-7,12,14-15,17H,4-5,8-10,16H2,1H3. The van der Waals surface area contributed by atoms with E-state index in [0.29, 0.717) is 12.5 Å². The van der Waals surface area contributed by atoms with Crippen molar-refractivity contribution in [2.75, 3.05) is 20.3 Å². The van der Waals surface area contributed by atoms with Crippen LogP contribution >= 0.6 is 0 Å². The molecule has 0 spiro atoms. The van der Waals surface area contributed by atoms with E-state index < -0.39 is 0 Å². The number of hydrogen-bond acceptors (Lipinski definition) is 4. The highest BCUT2D eigenvalue weighted by molar-refractivity contribution is 5.27. The van der Waals surface area contributed by atoms with Crippen LogP contribution in [0.25, 0.3) is 0 Å². The third-order valence-corrected chi connectivity index (χ3v) is 3.58. The van der Waals surface area contributed by atoms with Crippen molar-refractivity contribution in [1.29, 1.82) is 0 Å². The van der Waals surface area contributed by atoms with Crippen LogP contribution in [0.5, 0.6) is 5.75 Å². The van der Waals surface area contributed by atoms with Gasteiger partial charge in [0.25, 0.3) is 0 Å². The highest BCUT2D eigenvalue weighted by atomic mass is 16.5. The Bertz CT molecular complexity index is 375. The highest BCUT2D eigenvalue weighted by Gasteiger charge is 2.34. The van der Waals surface area contributed by atoms with E-state index in [1.807, 2.05) is 24.3 Å². The molecule has 0 bridgehead atoms. The minimum absolute atomic E-state index is 0.0386. The van der Waals surface area contributed by atoms with Crippen LogP contribution in [0.4, 0.5) is 0 Å². The zero-order valence-electron chi connectivity index (χ0n) is 11.4. The molecule has 2 unspecified atom stereocenters. The summed E-state index contributed by atoms with van der Waals surface area (Å²) in [5, 5.41) is 9.38. The Morgan fingerprint density at radius 3 is 2.53 bits per heavy atom. The Morgan fingerprint density at radius 2 is 2.00 bits per heavy atom. The lowest BCUT2D eigenvalue weighted by atomic mass is 10.1. The summed E-state index contributed by atoms with van der Waals surface area (Å²) in [6, 6.07) is 7.82. The Kier molecular flexibility index (Phi) is 5.19. The van der Waals surface area contributed by atoms with Crippen LogP contribution in [0.3, 0.4) is 0 Å². The molecule has 106 valence electrons. The predicted octanol–water partition coefficient (Wildman–Crippen LogP) is 1.35. The number of aliphatic hydroxyl groups is 1. The van der Waals surface area contributed by atoms with Crippen molar-refractivity contribution in [2.45, 2.75) is 31.4 Å². The first-order chi connectivity index (χ1) is 9.24. The Labute approximate surface area is 114 Å². The van der Waals surface area contributed by atoms with Gasteiger partial charge in [0.15, 0.2) is 0 Å². The summed E-state index contributed by atoms with van der Waals surface area (Å²) in [5.41, 5.74) is 7.29. The molecule has 1 fully saturated rings.